The molecule has 2 heterocycles. The summed E-state index contributed by atoms with van der Waals surface area (Å²) in [7, 11) is 0. The quantitative estimate of drug-likeness (QED) is 0.750. The molecule has 0 aromatic heterocycles. The third kappa shape index (κ3) is 2.51. The lowest BCUT2D eigenvalue weighted by Gasteiger charge is -2.32. The van der Waals surface area contributed by atoms with Crippen LogP contribution in [0.4, 0.5) is 0 Å². The SMILES string of the molecule is CC(=O)CC1CCCN1C(=O)C1(C)CCCO1. The van der Waals surface area contributed by atoms with E-state index in [1.807, 2.05) is 11.8 Å². The molecule has 0 aliphatic carbocycles. The van der Waals surface area contributed by atoms with Gasteiger partial charge in [0.15, 0.2) is 0 Å². The first-order chi connectivity index (χ1) is 8.03. The van der Waals surface area contributed by atoms with Gasteiger partial charge in [-0.25, -0.2) is 0 Å². The van der Waals surface area contributed by atoms with Gasteiger partial charge in [0, 0.05) is 25.6 Å². The van der Waals surface area contributed by atoms with Gasteiger partial charge >= 0.3 is 0 Å². The standard InChI is InChI=1S/C13H21NO3/c1-10(15)9-11-5-3-7-14(11)12(16)13(2)6-4-8-17-13/h11H,3-9H2,1-2H3. The molecule has 2 aliphatic rings. The van der Waals surface area contributed by atoms with Gasteiger partial charge in [-0.15, -0.1) is 0 Å². The Bertz CT molecular complexity index is 321. The molecule has 96 valence electrons. The molecule has 0 N–H and O–H groups in total. The molecule has 2 atom stereocenters. The number of nitrogens with zero attached hydrogens (tertiary/aromatic N) is 1. The Balaban J connectivity index is 2.05. The van der Waals surface area contributed by atoms with Gasteiger partial charge in [0.05, 0.1) is 0 Å². The summed E-state index contributed by atoms with van der Waals surface area (Å²) in [6, 6.07) is 0.0982. The van der Waals surface area contributed by atoms with Gasteiger partial charge in [-0.2, -0.15) is 0 Å². The summed E-state index contributed by atoms with van der Waals surface area (Å²) >= 11 is 0. The first-order valence-electron chi connectivity index (χ1n) is 6.47. The number of hydrogen-bond donors (Lipinski definition) is 0. The Hall–Kier alpha value is -0.900. The number of carbonyl (C=O) groups is 2. The van der Waals surface area contributed by atoms with Crippen molar-refractivity contribution in [2.45, 2.75) is 57.6 Å². The molecule has 17 heavy (non-hydrogen) atoms. The van der Waals surface area contributed by atoms with Crippen molar-refractivity contribution >= 4 is 11.7 Å². The van der Waals surface area contributed by atoms with Gasteiger partial charge in [-0.1, -0.05) is 0 Å². The zero-order valence-electron chi connectivity index (χ0n) is 10.7. The van der Waals surface area contributed by atoms with Crippen LogP contribution in [0.15, 0.2) is 0 Å². The lowest BCUT2D eigenvalue weighted by atomic mass is 9.99. The molecule has 0 bridgehead atoms. The summed E-state index contributed by atoms with van der Waals surface area (Å²) in [6.45, 7) is 4.92. The molecule has 1 amide bonds. The van der Waals surface area contributed by atoms with E-state index < -0.39 is 5.60 Å². The average Bonchev–Trinajstić information content (AvgIpc) is 2.86. The largest absolute Gasteiger partial charge is 0.365 e. The second-order valence-electron chi connectivity index (χ2n) is 5.38. The number of carbonyl (C=O) groups excluding carboxylic acids is 2. The van der Waals surface area contributed by atoms with Crippen LogP contribution in [0.2, 0.25) is 0 Å². The van der Waals surface area contributed by atoms with Crippen molar-refractivity contribution in [3.8, 4) is 0 Å². The minimum Gasteiger partial charge on any atom is -0.365 e. The fourth-order valence-electron chi connectivity index (χ4n) is 2.90. The van der Waals surface area contributed by atoms with Crippen LogP contribution in [0.5, 0.6) is 0 Å². The summed E-state index contributed by atoms with van der Waals surface area (Å²) in [5, 5.41) is 0. The van der Waals surface area contributed by atoms with Crippen LogP contribution < -0.4 is 0 Å². The molecule has 2 saturated heterocycles. The minimum atomic E-state index is -0.640. The van der Waals surface area contributed by atoms with Crippen LogP contribution in [0.1, 0.15) is 46.0 Å². The fraction of sp³-hybridized carbons (Fsp3) is 0.846. The van der Waals surface area contributed by atoms with E-state index in [1.165, 1.54) is 0 Å². The van der Waals surface area contributed by atoms with Crippen LogP contribution in [0.3, 0.4) is 0 Å². The Kier molecular flexibility index (Phi) is 3.52. The van der Waals surface area contributed by atoms with Crippen molar-refractivity contribution in [3.63, 3.8) is 0 Å². The number of ether oxygens (including phenoxy) is 1. The molecule has 4 nitrogen and oxygen atoms in total. The third-order valence-corrected chi connectivity index (χ3v) is 3.83. The number of likely N-dealkylation sites (tertiary alicyclic amines) is 1. The molecule has 0 radical (unpaired) electrons. The van der Waals surface area contributed by atoms with Gasteiger partial charge in [-0.05, 0) is 39.5 Å². The number of ketones is 1. The van der Waals surface area contributed by atoms with Crippen LogP contribution in [-0.4, -0.2) is 41.4 Å². The van der Waals surface area contributed by atoms with Gasteiger partial charge < -0.3 is 9.64 Å². The topological polar surface area (TPSA) is 46.6 Å². The Morgan fingerprint density at radius 2 is 2.18 bits per heavy atom. The second-order valence-corrected chi connectivity index (χ2v) is 5.38. The zero-order chi connectivity index (χ0) is 12.5. The number of amides is 1. The Labute approximate surface area is 102 Å². The van der Waals surface area contributed by atoms with E-state index in [9.17, 15) is 9.59 Å². The fourth-order valence-corrected chi connectivity index (χ4v) is 2.90. The Morgan fingerprint density at radius 3 is 2.76 bits per heavy atom. The van der Waals surface area contributed by atoms with Gasteiger partial charge in [0.1, 0.15) is 11.4 Å². The van der Waals surface area contributed by atoms with Crippen molar-refractivity contribution in [2.24, 2.45) is 0 Å². The summed E-state index contributed by atoms with van der Waals surface area (Å²) in [6.07, 6.45) is 4.19. The monoisotopic (exact) mass is 239 g/mol. The van der Waals surface area contributed by atoms with E-state index in [-0.39, 0.29) is 17.7 Å². The molecular formula is C13H21NO3. The minimum absolute atomic E-state index is 0.0822. The summed E-state index contributed by atoms with van der Waals surface area (Å²) in [5.41, 5.74) is -0.640. The lowest BCUT2D eigenvalue weighted by Crippen LogP contribution is -2.49. The number of Topliss-reactive ketones (excluding diaryl/α,β-unsaturated/α-hetero) is 1. The maximum absolute atomic E-state index is 12.5. The van der Waals surface area contributed by atoms with Crippen molar-refractivity contribution in [2.75, 3.05) is 13.2 Å². The van der Waals surface area contributed by atoms with Crippen molar-refractivity contribution < 1.29 is 14.3 Å². The number of rotatable bonds is 3. The van der Waals surface area contributed by atoms with E-state index in [1.54, 1.807) is 6.92 Å². The highest BCUT2D eigenvalue weighted by molar-refractivity contribution is 5.86. The highest BCUT2D eigenvalue weighted by atomic mass is 16.5. The predicted octanol–water partition coefficient (Wildman–Crippen LogP) is 1.53. The summed E-state index contributed by atoms with van der Waals surface area (Å²) < 4.78 is 5.59. The van der Waals surface area contributed by atoms with Crippen LogP contribution in [0.25, 0.3) is 0 Å². The molecule has 4 heteroatoms. The Morgan fingerprint density at radius 1 is 1.41 bits per heavy atom. The summed E-state index contributed by atoms with van der Waals surface area (Å²) in [5.74, 6) is 0.242. The van der Waals surface area contributed by atoms with E-state index >= 15 is 0 Å². The van der Waals surface area contributed by atoms with Crippen molar-refractivity contribution in [1.29, 1.82) is 0 Å². The van der Waals surface area contributed by atoms with E-state index in [0.717, 1.165) is 32.2 Å². The molecule has 2 aliphatic heterocycles. The second kappa shape index (κ2) is 4.77. The first kappa shape index (κ1) is 12.6. The van der Waals surface area contributed by atoms with E-state index in [0.29, 0.717) is 13.0 Å². The van der Waals surface area contributed by atoms with Crippen LogP contribution in [-0.2, 0) is 14.3 Å². The molecule has 0 spiro atoms. The first-order valence-corrected chi connectivity index (χ1v) is 6.47. The van der Waals surface area contributed by atoms with Gasteiger partial charge in [-0.3, -0.25) is 9.59 Å². The number of hydrogen-bond acceptors (Lipinski definition) is 3. The van der Waals surface area contributed by atoms with Crippen LogP contribution >= 0.6 is 0 Å². The third-order valence-electron chi connectivity index (χ3n) is 3.83. The van der Waals surface area contributed by atoms with E-state index in [4.69, 9.17) is 4.74 Å². The molecule has 2 rings (SSSR count). The predicted molar refractivity (Wildman–Crippen MR) is 63.6 cm³/mol. The van der Waals surface area contributed by atoms with Crippen molar-refractivity contribution in [3.05, 3.63) is 0 Å². The lowest BCUT2D eigenvalue weighted by molar-refractivity contribution is -0.152. The molecular weight excluding hydrogens is 218 g/mol. The zero-order valence-corrected chi connectivity index (χ0v) is 10.7. The highest BCUT2D eigenvalue weighted by Gasteiger charge is 2.43. The summed E-state index contributed by atoms with van der Waals surface area (Å²) in [4.78, 5) is 25.5. The van der Waals surface area contributed by atoms with Gasteiger partial charge in [0.2, 0.25) is 0 Å². The maximum atomic E-state index is 12.5. The van der Waals surface area contributed by atoms with Crippen LogP contribution in [0, 0.1) is 0 Å². The highest BCUT2D eigenvalue weighted by Crippen LogP contribution is 2.31. The molecule has 0 aromatic carbocycles. The van der Waals surface area contributed by atoms with Gasteiger partial charge in [0.25, 0.3) is 5.91 Å². The molecule has 0 aromatic rings. The molecule has 2 unspecified atom stereocenters. The normalized spacial score (nSPS) is 33.1. The van der Waals surface area contributed by atoms with Crippen molar-refractivity contribution in [1.82, 2.24) is 4.90 Å². The van der Waals surface area contributed by atoms with E-state index in [2.05, 4.69) is 0 Å². The maximum Gasteiger partial charge on any atom is 0.254 e. The molecule has 0 saturated carbocycles. The molecule has 2 fully saturated rings. The average molecular weight is 239 g/mol. The smallest absolute Gasteiger partial charge is 0.254 e.